The third-order valence-corrected chi connectivity index (χ3v) is 8.87. The van der Waals surface area contributed by atoms with Gasteiger partial charge in [-0.2, -0.15) is 0 Å². The van der Waals surface area contributed by atoms with Crippen molar-refractivity contribution < 1.29 is 33.5 Å². The lowest BCUT2D eigenvalue weighted by atomic mass is 10.0. The Bertz CT molecular complexity index is 1690. The van der Waals surface area contributed by atoms with E-state index in [1.54, 1.807) is 20.8 Å². The van der Waals surface area contributed by atoms with Gasteiger partial charge in [-0.3, -0.25) is 14.5 Å². The van der Waals surface area contributed by atoms with Crippen molar-refractivity contribution in [1.82, 2.24) is 15.2 Å². The summed E-state index contributed by atoms with van der Waals surface area (Å²) in [6.45, 7) is 8.40. The van der Waals surface area contributed by atoms with Crippen LogP contribution < -0.4 is 11.1 Å². The number of β-lactam (4-membered cyclic amide) rings is 1. The highest BCUT2D eigenvalue weighted by molar-refractivity contribution is 8.00. The number of aromatic nitrogens is 1. The van der Waals surface area contributed by atoms with Crippen LogP contribution in [0.3, 0.4) is 0 Å². The van der Waals surface area contributed by atoms with Gasteiger partial charge in [-0.1, -0.05) is 78.5 Å². The Morgan fingerprint density at radius 2 is 1.77 bits per heavy atom. The lowest BCUT2D eigenvalue weighted by Crippen LogP contribution is -2.71. The molecule has 0 spiro atoms. The molecule has 3 aromatic rings. The zero-order valence-electron chi connectivity index (χ0n) is 25.9. The number of ether oxygens (including phenoxy) is 2. The molecule has 0 saturated carbocycles. The van der Waals surface area contributed by atoms with Crippen LogP contribution in [0.1, 0.15) is 43.7 Å². The molecule has 2 amide bonds. The third-order valence-electron chi connectivity index (χ3n) is 6.89. The zero-order valence-corrected chi connectivity index (χ0v) is 27.5. The number of benzene rings is 2. The largest absolute Gasteiger partial charge is 0.457 e. The number of thiazole rings is 1. The molecule has 244 valence electrons. The Morgan fingerprint density at radius 3 is 2.32 bits per heavy atom. The first-order chi connectivity index (χ1) is 22.5. The maximum atomic E-state index is 13.8. The number of nitrogen functional groups attached to an aromatic ring is 1. The lowest BCUT2D eigenvalue weighted by Gasteiger charge is -2.49. The van der Waals surface area contributed by atoms with Gasteiger partial charge < -0.3 is 25.4 Å². The number of hydrogen-bond acceptors (Lipinski definition) is 12. The predicted molar refractivity (Wildman–Crippen MR) is 178 cm³/mol. The minimum Gasteiger partial charge on any atom is -0.457 e. The first kappa shape index (κ1) is 33.4. The van der Waals surface area contributed by atoms with Crippen molar-refractivity contribution in [3.8, 4) is 0 Å². The minimum absolute atomic E-state index is 0.0676. The highest BCUT2D eigenvalue weighted by atomic mass is 32.2. The van der Waals surface area contributed by atoms with Crippen molar-refractivity contribution in [3.63, 3.8) is 0 Å². The molecule has 14 heteroatoms. The smallest absolute Gasteiger partial charge is 0.356 e. The lowest BCUT2D eigenvalue weighted by molar-refractivity contribution is -0.160. The van der Waals surface area contributed by atoms with Crippen LogP contribution in [-0.2, 0) is 33.5 Å². The van der Waals surface area contributed by atoms with Gasteiger partial charge in [0.25, 0.3) is 11.8 Å². The van der Waals surface area contributed by atoms with Crippen LogP contribution in [0.15, 0.2) is 95.1 Å². The van der Waals surface area contributed by atoms with Crippen molar-refractivity contribution in [2.45, 2.75) is 43.9 Å². The number of thioether (sulfide) groups is 1. The fourth-order valence-corrected chi connectivity index (χ4v) is 6.75. The molecule has 3 heterocycles. The molecular formula is C33H33N5O7S2. The van der Waals surface area contributed by atoms with Crippen LogP contribution in [0, 0.1) is 0 Å². The van der Waals surface area contributed by atoms with Crippen molar-refractivity contribution in [2.24, 2.45) is 5.16 Å². The zero-order chi connectivity index (χ0) is 33.7. The molecule has 1 unspecified atom stereocenters. The van der Waals surface area contributed by atoms with Gasteiger partial charge in [0.1, 0.15) is 28.4 Å². The average Bonchev–Trinajstić information content (AvgIpc) is 3.48. The molecule has 1 saturated heterocycles. The van der Waals surface area contributed by atoms with Gasteiger partial charge in [-0.25, -0.2) is 14.6 Å². The number of allylic oxidation sites excluding steroid dienone is 1. The van der Waals surface area contributed by atoms with Crippen molar-refractivity contribution in [3.05, 3.63) is 107 Å². The summed E-state index contributed by atoms with van der Waals surface area (Å²) in [4.78, 5) is 63.5. The molecule has 2 aliphatic heterocycles. The highest BCUT2D eigenvalue weighted by Crippen LogP contribution is 2.42. The molecule has 12 nitrogen and oxygen atoms in total. The summed E-state index contributed by atoms with van der Waals surface area (Å²) in [6, 6.07) is 17.6. The summed E-state index contributed by atoms with van der Waals surface area (Å²) in [5, 5.41) is 7.58. The van der Waals surface area contributed by atoms with Crippen LogP contribution >= 0.6 is 23.1 Å². The molecule has 0 bridgehead atoms. The van der Waals surface area contributed by atoms with E-state index in [0.717, 1.165) is 22.5 Å². The molecule has 2 atom stereocenters. The van der Waals surface area contributed by atoms with Crippen molar-refractivity contribution in [1.29, 1.82) is 0 Å². The Hall–Kier alpha value is -4.95. The number of rotatable bonds is 11. The number of fused-ring (bicyclic) bond motifs is 1. The molecule has 5 rings (SSSR count). The molecule has 1 aromatic heterocycles. The van der Waals surface area contributed by atoms with E-state index < -0.39 is 53.5 Å². The van der Waals surface area contributed by atoms with Gasteiger partial charge in [-0.15, -0.1) is 23.1 Å². The van der Waals surface area contributed by atoms with Gasteiger partial charge in [-0.05, 0) is 37.5 Å². The molecule has 47 heavy (non-hydrogen) atoms. The summed E-state index contributed by atoms with van der Waals surface area (Å²) in [5.74, 6) is -2.35. The number of hydrogen-bond donors (Lipinski definition) is 2. The van der Waals surface area contributed by atoms with Crippen molar-refractivity contribution in [2.75, 3.05) is 18.1 Å². The summed E-state index contributed by atoms with van der Waals surface area (Å²) in [7, 11) is 0. The SMILES string of the molecule is C=CC1=C(C(=O)OC(c2ccccc2)c2ccccc2)N2C(=O)C(NC(=O)/C(=N\OCC(=O)OC(C)(C)C)c3csc(N)n3)[C@H]2SC1. The van der Waals surface area contributed by atoms with E-state index in [0.29, 0.717) is 11.3 Å². The number of nitrogens with two attached hydrogens (primary N) is 1. The van der Waals surface area contributed by atoms with Crippen LogP contribution in [0.4, 0.5) is 5.13 Å². The van der Waals surface area contributed by atoms with Gasteiger partial charge in [0.05, 0.1) is 0 Å². The van der Waals surface area contributed by atoms with Crippen LogP contribution in [0.25, 0.3) is 0 Å². The number of amides is 2. The quantitative estimate of drug-likeness (QED) is 0.132. The summed E-state index contributed by atoms with van der Waals surface area (Å²) in [5.41, 5.74) is 6.97. The number of esters is 2. The molecule has 0 aliphatic carbocycles. The Kier molecular flexibility index (Phi) is 10.1. The van der Waals surface area contributed by atoms with E-state index in [2.05, 4.69) is 22.0 Å². The van der Waals surface area contributed by atoms with Gasteiger partial charge in [0.2, 0.25) is 6.61 Å². The monoisotopic (exact) mass is 675 g/mol. The summed E-state index contributed by atoms with van der Waals surface area (Å²) in [6.07, 6.45) is 0.798. The Labute approximate surface area is 279 Å². The standard InChI is InChI=1S/C33H33N5O7S2/c1-5-19-17-46-30-25(36-28(40)24(22-18-47-32(34)35-22)37-43-16-23(39)45-33(2,3)4)29(41)38(30)26(19)31(42)44-27(20-12-8-6-9-13-20)21-14-10-7-11-15-21/h5-15,18,25,27,30H,1,16-17H2,2-4H3,(H2,34,35)(H,36,40)/b37-24-/t25?,30-/m1/s1. The van der Waals surface area contributed by atoms with E-state index in [4.69, 9.17) is 20.0 Å². The molecule has 0 radical (unpaired) electrons. The number of nitrogens with zero attached hydrogens (tertiary/aromatic N) is 3. The fourth-order valence-electron chi connectivity index (χ4n) is 4.87. The molecule has 2 aromatic carbocycles. The van der Waals surface area contributed by atoms with Crippen LogP contribution in [0.2, 0.25) is 0 Å². The number of nitrogens with one attached hydrogen (secondary N) is 1. The predicted octanol–water partition coefficient (Wildman–Crippen LogP) is 3.96. The third kappa shape index (κ3) is 7.72. The number of oxime groups is 1. The molecule has 2 aliphatic rings. The first-order valence-corrected chi connectivity index (χ1v) is 16.4. The Balaban J connectivity index is 1.33. The van der Waals surface area contributed by atoms with E-state index >= 15 is 0 Å². The molecular weight excluding hydrogens is 643 g/mol. The maximum Gasteiger partial charge on any atom is 0.356 e. The molecule has 1 fully saturated rings. The average molecular weight is 676 g/mol. The second-order valence-corrected chi connectivity index (χ2v) is 13.4. The first-order valence-electron chi connectivity index (χ1n) is 14.5. The van der Waals surface area contributed by atoms with Crippen molar-refractivity contribution >= 4 is 57.7 Å². The number of anilines is 1. The van der Waals surface area contributed by atoms with E-state index in [1.165, 1.54) is 28.1 Å². The summed E-state index contributed by atoms with van der Waals surface area (Å²) < 4.78 is 11.3. The second-order valence-electron chi connectivity index (χ2n) is 11.4. The minimum atomic E-state index is -1.01. The Morgan fingerprint density at radius 1 is 1.13 bits per heavy atom. The second kappa shape index (κ2) is 14.2. The van der Waals surface area contributed by atoms with Crippen LogP contribution in [-0.4, -0.2) is 68.7 Å². The normalized spacial score (nSPS) is 17.8. The topological polar surface area (TPSA) is 163 Å². The number of carbonyl (C=O) groups excluding carboxylic acids is 4. The molecule has 3 N–H and O–H groups in total. The maximum absolute atomic E-state index is 13.8. The fraction of sp³-hybridized carbons (Fsp3) is 0.273. The van der Waals surface area contributed by atoms with Gasteiger partial charge in [0, 0.05) is 11.1 Å². The van der Waals surface area contributed by atoms with E-state index in [1.807, 2.05) is 60.7 Å². The van der Waals surface area contributed by atoms with E-state index in [9.17, 15) is 19.2 Å². The highest BCUT2D eigenvalue weighted by Gasteiger charge is 2.54. The van der Waals surface area contributed by atoms with Gasteiger partial charge >= 0.3 is 11.9 Å². The van der Waals surface area contributed by atoms with E-state index in [-0.39, 0.29) is 22.2 Å². The van der Waals surface area contributed by atoms with Crippen LogP contribution in [0.5, 0.6) is 0 Å². The summed E-state index contributed by atoms with van der Waals surface area (Å²) >= 11 is 2.43. The van der Waals surface area contributed by atoms with Gasteiger partial charge in [0.15, 0.2) is 16.9 Å². The number of carbonyl (C=O) groups is 4.